The molecule has 0 aromatic heterocycles. The Hall–Kier alpha value is -2.46. The van der Waals surface area contributed by atoms with Crippen LogP contribution >= 0.6 is 0 Å². The predicted molar refractivity (Wildman–Crippen MR) is 140 cm³/mol. The summed E-state index contributed by atoms with van der Waals surface area (Å²) in [5, 5.41) is 0. The molecular formula is C30H44N3+3. The first-order chi connectivity index (χ1) is 15.5. The van der Waals surface area contributed by atoms with Gasteiger partial charge in [-0.1, -0.05) is 91.0 Å². The van der Waals surface area contributed by atoms with E-state index in [1.807, 2.05) is 0 Å². The summed E-state index contributed by atoms with van der Waals surface area (Å²) in [5.74, 6) is 0. The highest BCUT2D eigenvalue weighted by Crippen LogP contribution is 2.32. The second-order valence-corrected chi connectivity index (χ2v) is 11.1. The Bertz CT molecular complexity index is 921. The van der Waals surface area contributed by atoms with Crippen molar-refractivity contribution in [2.45, 2.75) is 45.8 Å². The fourth-order valence-electron chi connectivity index (χ4n) is 5.35. The van der Waals surface area contributed by atoms with Gasteiger partial charge in [0.2, 0.25) is 12.3 Å². The van der Waals surface area contributed by atoms with Crippen LogP contribution in [0.4, 0.5) is 0 Å². The molecule has 3 rings (SSSR count). The van der Waals surface area contributed by atoms with E-state index in [1.54, 1.807) is 0 Å². The van der Waals surface area contributed by atoms with E-state index in [0.717, 1.165) is 33.1 Å². The molecule has 0 heterocycles. The lowest BCUT2D eigenvalue weighted by Gasteiger charge is -2.53. The molecule has 3 heteroatoms. The van der Waals surface area contributed by atoms with Crippen molar-refractivity contribution in [3.63, 3.8) is 0 Å². The van der Waals surface area contributed by atoms with Crippen LogP contribution in [0.1, 0.15) is 30.5 Å². The van der Waals surface area contributed by atoms with Gasteiger partial charge in [-0.3, -0.25) is 8.97 Å². The molecule has 0 radical (unpaired) electrons. The lowest BCUT2D eigenvalue weighted by molar-refractivity contribution is -1.20. The average Bonchev–Trinajstić information content (AvgIpc) is 2.79. The predicted octanol–water partition coefficient (Wildman–Crippen LogP) is 5.88. The van der Waals surface area contributed by atoms with E-state index in [-0.39, 0.29) is 0 Å². The Kier molecular flexibility index (Phi) is 7.79. The van der Waals surface area contributed by atoms with Crippen LogP contribution < -0.4 is 0 Å². The van der Waals surface area contributed by atoms with Gasteiger partial charge in [0.05, 0.1) is 35.2 Å². The highest BCUT2D eigenvalue weighted by molar-refractivity contribution is 5.15. The third kappa shape index (κ3) is 6.11. The first-order valence-electron chi connectivity index (χ1n) is 12.2. The molecule has 33 heavy (non-hydrogen) atoms. The molecule has 176 valence electrons. The quantitative estimate of drug-likeness (QED) is 0.269. The minimum atomic E-state index is 0.397. The standard InChI is InChI=1S/C30H44N3/c1-26(31(3,4)23-28-17-11-8-12-18-28)33(7,25-30-21-15-10-16-22-30)27(2)32(5,6)24-29-19-13-9-14-20-29/h8-22,26-27H,23-25H2,1-7H3/q+3. The molecule has 0 N–H and O–H groups in total. The van der Waals surface area contributed by atoms with Crippen molar-refractivity contribution in [2.75, 3.05) is 35.2 Å². The van der Waals surface area contributed by atoms with Crippen LogP contribution in [-0.2, 0) is 19.6 Å². The SMILES string of the molecule is CC([N+](C)(C)Cc1ccccc1)[N+](C)(Cc1ccccc1)C(C)[N+](C)(C)Cc1ccccc1. The van der Waals surface area contributed by atoms with Crippen LogP contribution in [0.2, 0.25) is 0 Å². The highest BCUT2D eigenvalue weighted by atomic mass is 15.6. The summed E-state index contributed by atoms with van der Waals surface area (Å²) in [6.45, 7) is 7.94. The number of rotatable bonds is 10. The smallest absolute Gasteiger partial charge is 0.218 e. The second-order valence-electron chi connectivity index (χ2n) is 11.1. The Morgan fingerprint density at radius 3 is 1.03 bits per heavy atom. The van der Waals surface area contributed by atoms with Crippen molar-refractivity contribution in [3.05, 3.63) is 108 Å². The summed E-state index contributed by atoms with van der Waals surface area (Å²) >= 11 is 0. The molecule has 2 unspecified atom stereocenters. The molecule has 2 atom stereocenters. The molecule has 3 aromatic rings. The summed E-state index contributed by atoms with van der Waals surface area (Å²) in [6.07, 6.45) is 0.794. The lowest BCUT2D eigenvalue weighted by Crippen LogP contribution is -2.72. The van der Waals surface area contributed by atoms with Gasteiger partial charge in [0.15, 0.2) is 0 Å². The maximum Gasteiger partial charge on any atom is 0.218 e. The van der Waals surface area contributed by atoms with Crippen LogP contribution in [-0.4, -0.2) is 61.0 Å². The molecule has 0 fully saturated rings. The fraction of sp³-hybridized carbons (Fsp3) is 0.400. The van der Waals surface area contributed by atoms with E-state index < -0.39 is 0 Å². The lowest BCUT2D eigenvalue weighted by atomic mass is 10.1. The molecule has 3 aromatic carbocycles. The van der Waals surface area contributed by atoms with E-state index >= 15 is 0 Å². The van der Waals surface area contributed by atoms with E-state index in [0.29, 0.717) is 12.3 Å². The number of nitrogens with zero attached hydrogens (tertiary/aromatic N) is 3. The Labute approximate surface area is 202 Å². The second kappa shape index (κ2) is 10.2. The van der Waals surface area contributed by atoms with Crippen molar-refractivity contribution >= 4 is 0 Å². The van der Waals surface area contributed by atoms with Crippen molar-refractivity contribution < 1.29 is 13.4 Å². The summed E-state index contributed by atoms with van der Waals surface area (Å²) in [6, 6.07) is 32.9. The molecule has 0 aliphatic heterocycles. The van der Waals surface area contributed by atoms with Crippen LogP contribution in [0.5, 0.6) is 0 Å². The molecule has 0 amide bonds. The van der Waals surface area contributed by atoms with E-state index in [1.165, 1.54) is 16.7 Å². The zero-order chi connectivity index (χ0) is 24.1. The van der Waals surface area contributed by atoms with Gasteiger partial charge >= 0.3 is 0 Å². The number of benzene rings is 3. The Balaban J connectivity index is 1.96. The van der Waals surface area contributed by atoms with Crippen LogP contribution in [0.15, 0.2) is 91.0 Å². The van der Waals surface area contributed by atoms with E-state index in [4.69, 9.17) is 0 Å². The van der Waals surface area contributed by atoms with E-state index in [9.17, 15) is 0 Å². The van der Waals surface area contributed by atoms with Gasteiger partial charge in [-0.25, -0.2) is 4.48 Å². The van der Waals surface area contributed by atoms with Crippen LogP contribution in [0, 0.1) is 0 Å². The molecule has 3 nitrogen and oxygen atoms in total. The first kappa shape index (κ1) is 25.2. The number of hydrogen-bond donors (Lipinski definition) is 0. The monoisotopic (exact) mass is 446 g/mol. The largest absolute Gasteiger partial charge is 0.276 e. The van der Waals surface area contributed by atoms with Crippen molar-refractivity contribution in [1.29, 1.82) is 0 Å². The van der Waals surface area contributed by atoms with Gasteiger partial charge in [0.1, 0.15) is 19.6 Å². The highest BCUT2D eigenvalue weighted by Gasteiger charge is 2.50. The van der Waals surface area contributed by atoms with Gasteiger partial charge in [-0.15, -0.1) is 0 Å². The van der Waals surface area contributed by atoms with Gasteiger partial charge < -0.3 is 0 Å². The third-order valence-corrected chi connectivity index (χ3v) is 7.96. The fourth-order valence-corrected chi connectivity index (χ4v) is 5.35. The molecule has 0 saturated heterocycles. The van der Waals surface area contributed by atoms with E-state index in [2.05, 4.69) is 140 Å². The van der Waals surface area contributed by atoms with Gasteiger partial charge in [-0.2, -0.15) is 0 Å². The molecule has 0 bridgehead atoms. The third-order valence-electron chi connectivity index (χ3n) is 7.96. The molecule has 0 spiro atoms. The number of hydrogen-bond acceptors (Lipinski definition) is 0. The molecule has 0 aliphatic rings. The minimum absolute atomic E-state index is 0.397. The minimum Gasteiger partial charge on any atom is -0.276 e. The zero-order valence-corrected chi connectivity index (χ0v) is 21.8. The molecule has 0 aliphatic carbocycles. The first-order valence-corrected chi connectivity index (χ1v) is 12.2. The summed E-state index contributed by atoms with van der Waals surface area (Å²) in [7, 11) is 12.0. The van der Waals surface area contributed by atoms with Crippen molar-refractivity contribution in [1.82, 2.24) is 0 Å². The normalized spacial score (nSPS) is 16.1. The van der Waals surface area contributed by atoms with Gasteiger partial charge in [-0.05, 0) is 0 Å². The summed E-state index contributed by atoms with van der Waals surface area (Å²) < 4.78 is 2.83. The Morgan fingerprint density at radius 1 is 0.455 bits per heavy atom. The summed E-state index contributed by atoms with van der Waals surface area (Å²) in [5.41, 5.74) is 4.19. The van der Waals surface area contributed by atoms with Crippen LogP contribution in [0.3, 0.4) is 0 Å². The van der Waals surface area contributed by atoms with Gasteiger partial charge in [0.25, 0.3) is 0 Å². The zero-order valence-electron chi connectivity index (χ0n) is 21.8. The maximum atomic E-state index is 2.47. The molecular weight excluding hydrogens is 402 g/mol. The molecule has 0 saturated carbocycles. The topological polar surface area (TPSA) is 0 Å². The van der Waals surface area contributed by atoms with Crippen molar-refractivity contribution in [3.8, 4) is 0 Å². The van der Waals surface area contributed by atoms with Crippen molar-refractivity contribution in [2.24, 2.45) is 0 Å². The Morgan fingerprint density at radius 2 is 0.727 bits per heavy atom. The maximum absolute atomic E-state index is 2.47. The van der Waals surface area contributed by atoms with Gasteiger partial charge in [0, 0.05) is 30.5 Å². The average molecular weight is 447 g/mol. The summed E-state index contributed by atoms with van der Waals surface area (Å²) in [4.78, 5) is 0. The number of quaternary nitrogens is 3. The van der Waals surface area contributed by atoms with Crippen LogP contribution in [0.25, 0.3) is 0 Å².